The van der Waals surface area contributed by atoms with Crippen LogP contribution in [0.3, 0.4) is 0 Å². The second kappa shape index (κ2) is 10.9. The minimum atomic E-state index is -3.82. The number of nitrogens with zero attached hydrogens (tertiary/aromatic N) is 2. The Hall–Kier alpha value is -2.47. The Labute approximate surface area is 213 Å². The van der Waals surface area contributed by atoms with Crippen molar-refractivity contribution in [2.45, 2.75) is 48.9 Å². The van der Waals surface area contributed by atoms with Crippen LogP contribution >= 0.6 is 0 Å². The van der Waals surface area contributed by atoms with Crippen molar-refractivity contribution in [3.05, 3.63) is 53.6 Å². The number of aryl methyl sites for hydroxylation is 1. The molecular weight excluding hydrogens is 502 g/mol. The summed E-state index contributed by atoms with van der Waals surface area (Å²) in [5, 5.41) is 2.88. The predicted molar refractivity (Wildman–Crippen MR) is 135 cm³/mol. The molecule has 4 rings (SSSR count). The molecule has 2 aromatic rings. The number of sulfonamides is 2. The van der Waals surface area contributed by atoms with Gasteiger partial charge in [-0.15, -0.1) is 0 Å². The maximum atomic E-state index is 13.3. The van der Waals surface area contributed by atoms with Crippen molar-refractivity contribution in [3.63, 3.8) is 0 Å². The second-order valence-electron chi connectivity index (χ2n) is 9.33. The zero-order chi connectivity index (χ0) is 25.9. The number of rotatable bonds is 8. The van der Waals surface area contributed by atoms with Crippen molar-refractivity contribution in [2.75, 3.05) is 33.3 Å². The lowest BCUT2D eigenvalue weighted by Crippen LogP contribution is -2.45. The number of nitrogens with one attached hydrogen (secondary N) is 1. The molecule has 2 aliphatic heterocycles. The fraction of sp³-hybridized carbons (Fsp3) is 0.480. The van der Waals surface area contributed by atoms with E-state index < -0.39 is 26.0 Å². The molecule has 2 aliphatic rings. The van der Waals surface area contributed by atoms with Gasteiger partial charge in [0, 0.05) is 32.7 Å². The van der Waals surface area contributed by atoms with Gasteiger partial charge in [0.2, 0.25) is 26.0 Å². The van der Waals surface area contributed by atoms with Crippen LogP contribution in [0.4, 0.5) is 0 Å². The Morgan fingerprint density at radius 2 is 1.61 bits per heavy atom. The molecule has 0 aliphatic carbocycles. The van der Waals surface area contributed by atoms with Crippen LogP contribution in [0.15, 0.2) is 52.3 Å². The van der Waals surface area contributed by atoms with Gasteiger partial charge in [0.1, 0.15) is 10.6 Å². The lowest BCUT2D eigenvalue weighted by Gasteiger charge is -2.31. The van der Waals surface area contributed by atoms with Crippen LogP contribution in [-0.4, -0.2) is 64.6 Å². The van der Waals surface area contributed by atoms with Gasteiger partial charge >= 0.3 is 0 Å². The molecule has 2 heterocycles. The molecule has 0 aromatic heterocycles. The fourth-order valence-electron chi connectivity index (χ4n) is 4.69. The lowest BCUT2D eigenvalue weighted by atomic mass is 9.99. The molecule has 36 heavy (non-hydrogen) atoms. The molecule has 2 saturated heterocycles. The van der Waals surface area contributed by atoms with E-state index in [9.17, 15) is 21.6 Å². The number of hydrogen-bond donors (Lipinski definition) is 1. The average molecular weight is 536 g/mol. The topological polar surface area (TPSA) is 113 Å². The van der Waals surface area contributed by atoms with Crippen molar-refractivity contribution in [3.8, 4) is 5.75 Å². The molecule has 196 valence electrons. The molecule has 2 fully saturated rings. The molecule has 2 aromatic carbocycles. The smallest absolute Gasteiger partial charge is 0.246 e. The van der Waals surface area contributed by atoms with Gasteiger partial charge in [-0.05, 0) is 68.0 Å². The standard InChI is InChI=1S/C25H33N3O6S2/c1-19-7-12-23(34-2)24(16-19)36(32,33)28-15-5-6-21(18-28)25(29)26-17-20-8-10-22(11-9-20)35(30,31)27-13-3-4-14-27/h7-12,16,21H,3-6,13-15,17-18H2,1-2H3,(H,26,29). The van der Waals surface area contributed by atoms with Crippen LogP contribution in [-0.2, 0) is 31.4 Å². The van der Waals surface area contributed by atoms with E-state index in [0.29, 0.717) is 32.5 Å². The van der Waals surface area contributed by atoms with Gasteiger partial charge in [-0.25, -0.2) is 16.8 Å². The van der Waals surface area contributed by atoms with Crippen molar-refractivity contribution in [1.29, 1.82) is 0 Å². The molecule has 0 radical (unpaired) electrons. The van der Waals surface area contributed by atoms with E-state index in [-0.39, 0.29) is 34.5 Å². The summed E-state index contributed by atoms with van der Waals surface area (Å²) in [6.45, 7) is 3.58. The summed E-state index contributed by atoms with van der Waals surface area (Å²) < 4.78 is 60.2. The zero-order valence-corrected chi connectivity index (χ0v) is 22.3. The van der Waals surface area contributed by atoms with E-state index in [2.05, 4.69) is 5.32 Å². The molecule has 0 bridgehead atoms. The van der Waals surface area contributed by atoms with Crippen molar-refractivity contribution >= 4 is 26.0 Å². The van der Waals surface area contributed by atoms with Gasteiger partial charge in [0.25, 0.3) is 0 Å². The summed E-state index contributed by atoms with van der Waals surface area (Å²) in [6.07, 6.45) is 2.92. The van der Waals surface area contributed by atoms with E-state index in [4.69, 9.17) is 4.74 Å². The maximum absolute atomic E-state index is 13.3. The number of carbonyl (C=O) groups is 1. The molecule has 1 unspecified atom stereocenters. The number of benzene rings is 2. The Morgan fingerprint density at radius 3 is 2.28 bits per heavy atom. The fourth-order valence-corrected chi connectivity index (χ4v) is 7.97. The molecular formula is C25H33N3O6S2. The van der Waals surface area contributed by atoms with Crippen molar-refractivity contribution < 1.29 is 26.4 Å². The van der Waals surface area contributed by atoms with Crippen LogP contribution < -0.4 is 10.1 Å². The Balaban J connectivity index is 1.38. The number of hydrogen-bond acceptors (Lipinski definition) is 6. The van der Waals surface area contributed by atoms with Gasteiger partial charge in [0.05, 0.1) is 17.9 Å². The highest BCUT2D eigenvalue weighted by molar-refractivity contribution is 7.89. The van der Waals surface area contributed by atoms with E-state index in [1.165, 1.54) is 15.7 Å². The second-order valence-corrected chi connectivity index (χ2v) is 13.2. The summed E-state index contributed by atoms with van der Waals surface area (Å²) in [6, 6.07) is 11.6. The number of piperidine rings is 1. The summed E-state index contributed by atoms with van der Waals surface area (Å²) in [5.74, 6) is -0.415. The highest BCUT2D eigenvalue weighted by atomic mass is 32.2. The molecule has 11 heteroatoms. The minimum Gasteiger partial charge on any atom is -0.495 e. The molecule has 1 N–H and O–H groups in total. The normalized spacial score (nSPS) is 19.8. The van der Waals surface area contributed by atoms with E-state index in [1.807, 2.05) is 6.92 Å². The van der Waals surface area contributed by atoms with Crippen LogP contribution in [0.1, 0.15) is 36.8 Å². The number of methoxy groups -OCH3 is 1. The zero-order valence-electron chi connectivity index (χ0n) is 20.6. The van der Waals surface area contributed by atoms with Gasteiger partial charge in [-0.1, -0.05) is 18.2 Å². The molecule has 9 nitrogen and oxygen atoms in total. The first-order valence-corrected chi connectivity index (χ1v) is 15.0. The summed E-state index contributed by atoms with van der Waals surface area (Å²) in [4.78, 5) is 13.3. The van der Waals surface area contributed by atoms with Crippen LogP contribution in [0, 0.1) is 12.8 Å². The van der Waals surface area contributed by atoms with E-state index >= 15 is 0 Å². The largest absolute Gasteiger partial charge is 0.495 e. The van der Waals surface area contributed by atoms with Crippen molar-refractivity contribution in [2.24, 2.45) is 5.92 Å². The third-order valence-corrected chi connectivity index (χ3v) is 10.6. The average Bonchev–Trinajstić information content (AvgIpc) is 3.44. The number of carbonyl (C=O) groups excluding carboxylic acids is 1. The van der Waals surface area contributed by atoms with Gasteiger partial charge < -0.3 is 10.1 Å². The Bertz CT molecular complexity index is 1300. The molecule has 1 amide bonds. The molecule has 0 spiro atoms. The van der Waals surface area contributed by atoms with Crippen molar-refractivity contribution in [1.82, 2.24) is 13.9 Å². The predicted octanol–water partition coefficient (Wildman–Crippen LogP) is 2.51. The highest BCUT2D eigenvalue weighted by Crippen LogP contribution is 2.30. The van der Waals surface area contributed by atoms with Crippen LogP contribution in [0.2, 0.25) is 0 Å². The Morgan fingerprint density at radius 1 is 0.944 bits per heavy atom. The third kappa shape index (κ3) is 5.59. The maximum Gasteiger partial charge on any atom is 0.246 e. The Kier molecular flexibility index (Phi) is 8.03. The monoisotopic (exact) mass is 535 g/mol. The molecule has 1 atom stereocenters. The van der Waals surface area contributed by atoms with Crippen LogP contribution in [0.5, 0.6) is 5.75 Å². The summed E-state index contributed by atoms with van der Waals surface area (Å²) >= 11 is 0. The first-order valence-electron chi connectivity index (χ1n) is 12.1. The number of ether oxygens (including phenoxy) is 1. The number of amides is 1. The van der Waals surface area contributed by atoms with Gasteiger partial charge in [-0.3, -0.25) is 4.79 Å². The molecule has 0 saturated carbocycles. The summed E-state index contributed by atoms with van der Waals surface area (Å²) in [5.41, 5.74) is 1.58. The summed E-state index contributed by atoms with van der Waals surface area (Å²) in [7, 11) is -5.86. The third-order valence-electron chi connectivity index (χ3n) is 6.78. The highest BCUT2D eigenvalue weighted by Gasteiger charge is 2.35. The van der Waals surface area contributed by atoms with Gasteiger partial charge in [0.15, 0.2) is 0 Å². The van der Waals surface area contributed by atoms with E-state index in [0.717, 1.165) is 24.0 Å². The SMILES string of the molecule is COc1ccc(C)cc1S(=O)(=O)N1CCCC(C(=O)NCc2ccc(S(=O)(=O)N3CCCC3)cc2)C1. The first kappa shape index (κ1) is 26.6. The van der Waals surface area contributed by atoms with Gasteiger partial charge in [-0.2, -0.15) is 8.61 Å². The van der Waals surface area contributed by atoms with Crippen LogP contribution in [0.25, 0.3) is 0 Å². The first-order chi connectivity index (χ1) is 17.1. The minimum absolute atomic E-state index is 0.0955. The quantitative estimate of drug-likeness (QED) is 0.556. The lowest BCUT2D eigenvalue weighted by molar-refractivity contribution is -0.126. The van der Waals surface area contributed by atoms with E-state index in [1.54, 1.807) is 42.5 Å².